The number of hydrogen-bond donors (Lipinski definition) is 1. The van der Waals surface area contributed by atoms with E-state index in [-0.39, 0.29) is 11.3 Å². The molecule has 1 amide bonds. The van der Waals surface area contributed by atoms with Gasteiger partial charge in [0.25, 0.3) is 0 Å². The van der Waals surface area contributed by atoms with Crippen molar-refractivity contribution in [3.05, 3.63) is 11.9 Å². The Morgan fingerprint density at radius 3 is 2.36 bits per heavy atom. The summed E-state index contributed by atoms with van der Waals surface area (Å²) in [5.74, 6) is 0.983. The quantitative estimate of drug-likeness (QED) is 0.906. The fourth-order valence-corrected chi connectivity index (χ4v) is 6.58. The van der Waals surface area contributed by atoms with Gasteiger partial charge in [0.1, 0.15) is 0 Å². The minimum atomic E-state index is -0.148. The van der Waals surface area contributed by atoms with Crippen molar-refractivity contribution in [2.45, 2.75) is 59.3 Å². The van der Waals surface area contributed by atoms with E-state index in [1.54, 1.807) is 6.20 Å². The second-order valence-corrected chi connectivity index (χ2v) is 9.13. The van der Waals surface area contributed by atoms with Gasteiger partial charge in [0.15, 0.2) is 0 Å². The Kier molecular flexibility index (Phi) is 2.69. The van der Waals surface area contributed by atoms with Gasteiger partial charge < -0.3 is 5.32 Å². The predicted molar refractivity (Wildman–Crippen MR) is 86.4 cm³/mol. The summed E-state index contributed by atoms with van der Waals surface area (Å²) in [6.07, 6.45) is 8.94. The fourth-order valence-electron chi connectivity index (χ4n) is 6.58. The molecule has 4 nitrogen and oxygen atoms in total. The third-order valence-electron chi connectivity index (χ3n) is 6.59. The van der Waals surface area contributed by atoms with Crippen LogP contribution in [0.25, 0.3) is 0 Å². The molecule has 4 aliphatic rings. The molecule has 2 atom stereocenters. The Hall–Kier alpha value is -1.32. The summed E-state index contributed by atoms with van der Waals surface area (Å²) in [6, 6.07) is 0. The first-order chi connectivity index (χ1) is 10.2. The Bertz CT molecular complexity index is 629. The molecule has 0 unspecified atom stereocenters. The van der Waals surface area contributed by atoms with Crippen LogP contribution in [0.15, 0.2) is 6.20 Å². The van der Waals surface area contributed by atoms with Crippen molar-refractivity contribution >= 4 is 11.6 Å². The summed E-state index contributed by atoms with van der Waals surface area (Å²) in [4.78, 5) is 13.2. The van der Waals surface area contributed by atoms with Crippen LogP contribution < -0.4 is 5.32 Å². The molecular formula is C18H27N3O. The fraction of sp³-hybridized carbons (Fsp3) is 0.778. The van der Waals surface area contributed by atoms with Crippen molar-refractivity contribution in [1.82, 2.24) is 9.78 Å². The summed E-state index contributed by atoms with van der Waals surface area (Å²) in [6.45, 7) is 6.82. The third-order valence-corrected chi connectivity index (χ3v) is 6.59. The van der Waals surface area contributed by atoms with E-state index in [1.165, 1.54) is 19.3 Å². The van der Waals surface area contributed by atoms with E-state index in [4.69, 9.17) is 0 Å². The maximum atomic E-state index is 13.2. The molecule has 22 heavy (non-hydrogen) atoms. The molecule has 0 saturated heterocycles. The lowest BCUT2D eigenvalue weighted by Gasteiger charge is -2.64. The number of carbonyl (C=O) groups is 1. The highest BCUT2D eigenvalue weighted by Crippen LogP contribution is 2.69. The summed E-state index contributed by atoms with van der Waals surface area (Å²) in [5.41, 5.74) is 2.49. The maximum absolute atomic E-state index is 13.2. The maximum Gasteiger partial charge on any atom is 0.230 e. The van der Waals surface area contributed by atoms with Crippen LogP contribution in [0, 0.1) is 29.1 Å². The molecule has 120 valence electrons. The van der Waals surface area contributed by atoms with Crippen LogP contribution in [0.3, 0.4) is 0 Å². The van der Waals surface area contributed by atoms with Gasteiger partial charge in [0.2, 0.25) is 5.91 Å². The molecule has 1 heterocycles. The van der Waals surface area contributed by atoms with Crippen LogP contribution in [-0.2, 0) is 11.8 Å². The zero-order valence-electron chi connectivity index (χ0n) is 14.2. The van der Waals surface area contributed by atoms with E-state index in [2.05, 4.69) is 24.3 Å². The van der Waals surface area contributed by atoms with E-state index in [1.807, 2.05) is 18.7 Å². The molecule has 0 spiro atoms. The zero-order chi connectivity index (χ0) is 15.8. The van der Waals surface area contributed by atoms with E-state index in [9.17, 15) is 4.79 Å². The smallest absolute Gasteiger partial charge is 0.230 e. The lowest BCUT2D eigenvalue weighted by molar-refractivity contribution is -0.165. The zero-order valence-corrected chi connectivity index (χ0v) is 14.2. The average Bonchev–Trinajstić information content (AvgIpc) is 2.66. The van der Waals surface area contributed by atoms with Crippen LogP contribution in [-0.4, -0.2) is 15.7 Å². The molecule has 1 aromatic rings. The average molecular weight is 301 g/mol. The van der Waals surface area contributed by atoms with Gasteiger partial charge >= 0.3 is 0 Å². The van der Waals surface area contributed by atoms with Crippen molar-refractivity contribution < 1.29 is 4.79 Å². The molecule has 4 fully saturated rings. The molecule has 0 aliphatic heterocycles. The second-order valence-electron chi connectivity index (χ2n) is 9.13. The summed E-state index contributed by atoms with van der Waals surface area (Å²) < 4.78 is 1.82. The highest BCUT2D eigenvalue weighted by Gasteiger charge is 2.62. The number of aryl methyl sites for hydroxylation is 1. The van der Waals surface area contributed by atoms with Gasteiger partial charge in [-0.2, -0.15) is 5.10 Å². The van der Waals surface area contributed by atoms with Crippen LogP contribution in [0.1, 0.15) is 58.1 Å². The van der Waals surface area contributed by atoms with Crippen molar-refractivity contribution in [1.29, 1.82) is 0 Å². The van der Waals surface area contributed by atoms with E-state index >= 15 is 0 Å². The van der Waals surface area contributed by atoms with Crippen LogP contribution >= 0.6 is 0 Å². The third kappa shape index (κ3) is 1.95. The lowest BCUT2D eigenvalue weighted by atomic mass is 9.40. The van der Waals surface area contributed by atoms with Crippen molar-refractivity contribution in [3.8, 4) is 0 Å². The van der Waals surface area contributed by atoms with Gasteiger partial charge in [0.05, 0.1) is 23.0 Å². The highest BCUT2D eigenvalue weighted by molar-refractivity contribution is 5.96. The molecule has 4 saturated carbocycles. The SMILES string of the molecule is Cc1c(NC(=O)C23CC4C[C@@](C)(C2)C[C@@](C)(C4)C3)cnn1C. The van der Waals surface area contributed by atoms with Gasteiger partial charge in [-0.3, -0.25) is 9.48 Å². The van der Waals surface area contributed by atoms with Gasteiger partial charge in [-0.05, 0) is 62.2 Å². The number of nitrogens with one attached hydrogen (secondary N) is 1. The molecule has 4 aliphatic carbocycles. The number of nitrogens with zero attached hydrogens (tertiary/aromatic N) is 2. The standard InChI is InChI=1S/C18H27N3O/c1-12-14(8-19-21(12)4)20-15(22)18-7-13-5-16(2,10-18)9-17(3,6-13)11-18/h8,13H,5-7,9-11H2,1-4H3,(H,20,22)/t13?,16-,17-,18?/m1/s1. The molecule has 4 bridgehead atoms. The van der Waals surface area contributed by atoms with Crippen LogP contribution in [0.4, 0.5) is 5.69 Å². The molecule has 4 heteroatoms. The first kappa shape index (κ1) is 14.3. The molecule has 1 N–H and O–H groups in total. The van der Waals surface area contributed by atoms with E-state index in [0.29, 0.717) is 10.8 Å². The summed E-state index contributed by atoms with van der Waals surface area (Å²) >= 11 is 0. The number of hydrogen-bond acceptors (Lipinski definition) is 2. The normalized spacial score (nSPS) is 42.6. The molecule has 0 aromatic carbocycles. The Balaban J connectivity index is 1.64. The molecule has 5 rings (SSSR count). The monoisotopic (exact) mass is 301 g/mol. The number of amides is 1. The topological polar surface area (TPSA) is 46.9 Å². The van der Waals surface area contributed by atoms with E-state index in [0.717, 1.165) is 36.6 Å². The van der Waals surface area contributed by atoms with Crippen LogP contribution in [0.5, 0.6) is 0 Å². The number of carbonyl (C=O) groups excluding carboxylic acids is 1. The first-order valence-corrected chi connectivity index (χ1v) is 8.53. The largest absolute Gasteiger partial charge is 0.323 e. The predicted octanol–water partition coefficient (Wildman–Crippen LogP) is 3.66. The Morgan fingerprint density at radius 1 is 1.23 bits per heavy atom. The Labute approximate surface area is 132 Å². The van der Waals surface area contributed by atoms with Crippen molar-refractivity contribution in [3.63, 3.8) is 0 Å². The van der Waals surface area contributed by atoms with Gasteiger partial charge in [-0.25, -0.2) is 0 Å². The number of aromatic nitrogens is 2. The second kappa shape index (κ2) is 4.15. The minimum Gasteiger partial charge on any atom is -0.323 e. The number of anilines is 1. The highest BCUT2D eigenvalue weighted by atomic mass is 16.2. The minimum absolute atomic E-state index is 0.148. The number of rotatable bonds is 2. The molecule has 1 aromatic heterocycles. The molecular weight excluding hydrogens is 274 g/mol. The summed E-state index contributed by atoms with van der Waals surface area (Å²) in [5, 5.41) is 7.45. The Morgan fingerprint density at radius 2 is 1.86 bits per heavy atom. The first-order valence-electron chi connectivity index (χ1n) is 8.53. The summed E-state index contributed by atoms with van der Waals surface area (Å²) in [7, 11) is 1.91. The van der Waals surface area contributed by atoms with Crippen LogP contribution in [0.2, 0.25) is 0 Å². The van der Waals surface area contributed by atoms with Gasteiger partial charge in [-0.1, -0.05) is 13.8 Å². The van der Waals surface area contributed by atoms with Crippen molar-refractivity contribution in [2.75, 3.05) is 5.32 Å². The molecule has 0 radical (unpaired) electrons. The van der Waals surface area contributed by atoms with E-state index < -0.39 is 0 Å². The lowest BCUT2D eigenvalue weighted by Crippen LogP contribution is -2.58. The van der Waals surface area contributed by atoms with Gasteiger partial charge in [0, 0.05) is 7.05 Å². The van der Waals surface area contributed by atoms with Gasteiger partial charge in [-0.15, -0.1) is 0 Å². The van der Waals surface area contributed by atoms with Crippen molar-refractivity contribution in [2.24, 2.45) is 29.2 Å².